The lowest BCUT2D eigenvalue weighted by atomic mass is 9.82. The zero-order valence-electron chi connectivity index (χ0n) is 13.6. The number of hydrazone groups is 1. The number of aromatic amines is 1. The Kier molecular flexibility index (Phi) is 3.63. The number of fused-ring (bicyclic) bond motifs is 1. The van der Waals surface area contributed by atoms with Gasteiger partial charge in [-0.1, -0.05) is 37.5 Å². The van der Waals surface area contributed by atoms with Gasteiger partial charge in [0.15, 0.2) is 0 Å². The predicted octanol–water partition coefficient (Wildman–Crippen LogP) is 2.12. The summed E-state index contributed by atoms with van der Waals surface area (Å²) in [6.45, 7) is 0. The average Bonchev–Trinajstić information content (AvgIpc) is 2.84. The van der Waals surface area contributed by atoms with Gasteiger partial charge >= 0.3 is 6.03 Å². The number of rotatable bonds is 2. The molecule has 3 amide bonds. The van der Waals surface area contributed by atoms with Crippen LogP contribution in [0, 0.1) is 0 Å². The molecule has 1 aromatic heterocycles. The predicted molar refractivity (Wildman–Crippen MR) is 93.4 cm³/mol. The molecule has 0 radical (unpaired) electrons. The lowest BCUT2D eigenvalue weighted by molar-refractivity contribution is -0.132. The summed E-state index contributed by atoms with van der Waals surface area (Å²) in [6.07, 6.45) is 5.44. The van der Waals surface area contributed by atoms with Crippen molar-refractivity contribution in [2.45, 2.75) is 37.6 Å². The number of urea groups is 1. The van der Waals surface area contributed by atoms with E-state index in [2.05, 4.69) is 15.4 Å². The number of aromatic nitrogens is 1. The monoisotopic (exact) mass is 338 g/mol. The minimum atomic E-state index is -0.817. The van der Waals surface area contributed by atoms with Crippen molar-refractivity contribution in [3.05, 3.63) is 46.2 Å². The van der Waals surface area contributed by atoms with Gasteiger partial charge in [-0.15, -0.1) is 5.01 Å². The van der Waals surface area contributed by atoms with E-state index in [4.69, 9.17) is 0 Å². The first-order valence-corrected chi connectivity index (χ1v) is 8.42. The molecule has 25 heavy (non-hydrogen) atoms. The molecule has 1 aromatic carbocycles. The van der Waals surface area contributed by atoms with E-state index < -0.39 is 11.6 Å². The van der Waals surface area contributed by atoms with Crippen molar-refractivity contribution in [2.24, 2.45) is 5.10 Å². The number of carbonyl (C=O) groups excluding carboxylic acids is 2. The van der Waals surface area contributed by atoms with Gasteiger partial charge in [0.1, 0.15) is 5.54 Å². The van der Waals surface area contributed by atoms with E-state index >= 15 is 0 Å². The number of para-hydroxylation sites is 1. The lowest BCUT2D eigenvalue weighted by Gasteiger charge is -2.29. The van der Waals surface area contributed by atoms with Crippen molar-refractivity contribution >= 4 is 29.1 Å². The zero-order chi connectivity index (χ0) is 17.4. The molecule has 4 rings (SSSR count). The highest BCUT2D eigenvalue weighted by molar-refractivity contribution is 6.07. The third kappa shape index (κ3) is 2.61. The van der Waals surface area contributed by atoms with E-state index in [1.807, 2.05) is 24.3 Å². The molecule has 1 aliphatic carbocycles. The van der Waals surface area contributed by atoms with Crippen molar-refractivity contribution in [1.82, 2.24) is 15.3 Å². The Labute approximate surface area is 143 Å². The summed E-state index contributed by atoms with van der Waals surface area (Å²) in [5.74, 6) is -0.328. The van der Waals surface area contributed by atoms with Crippen LogP contribution in [0.3, 0.4) is 0 Å². The SMILES string of the molecule is O=C1NC2(CCCCC2)C(=O)N1/N=C/c1cc2ccccc2[nH]c1=O. The Morgan fingerprint density at radius 1 is 1.08 bits per heavy atom. The third-order valence-electron chi connectivity index (χ3n) is 4.94. The van der Waals surface area contributed by atoms with Crippen molar-refractivity contribution in [3.8, 4) is 0 Å². The molecule has 0 bridgehead atoms. The normalized spacial score (nSPS) is 19.9. The van der Waals surface area contributed by atoms with Gasteiger partial charge in [-0.3, -0.25) is 9.59 Å². The fraction of sp³-hybridized carbons (Fsp3) is 0.333. The molecule has 2 aromatic rings. The number of pyridine rings is 1. The van der Waals surface area contributed by atoms with Gasteiger partial charge in [0.05, 0.1) is 11.8 Å². The van der Waals surface area contributed by atoms with Crippen molar-refractivity contribution in [2.75, 3.05) is 0 Å². The lowest BCUT2D eigenvalue weighted by Crippen LogP contribution is -2.48. The molecule has 2 N–H and O–H groups in total. The van der Waals surface area contributed by atoms with Gasteiger partial charge in [0.25, 0.3) is 11.5 Å². The van der Waals surface area contributed by atoms with Crippen molar-refractivity contribution < 1.29 is 9.59 Å². The summed E-state index contributed by atoms with van der Waals surface area (Å²) in [4.78, 5) is 39.7. The van der Waals surface area contributed by atoms with Crippen LogP contribution in [0.25, 0.3) is 10.9 Å². The number of carbonyl (C=O) groups is 2. The molecule has 0 atom stereocenters. The maximum atomic E-state index is 12.7. The maximum Gasteiger partial charge on any atom is 0.346 e. The molecule has 0 unspecified atom stereocenters. The molecule has 1 saturated carbocycles. The molecule has 2 aliphatic rings. The summed E-state index contributed by atoms with van der Waals surface area (Å²) in [6, 6.07) is 8.54. The number of hydrogen-bond donors (Lipinski definition) is 2. The average molecular weight is 338 g/mol. The minimum absolute atomic E-state index is 0.295. The van der Waals surface area contributed by atoms with Gasteiger partial charge in [-0.05, 0) is 30.4 Å². The second-order valence-electron chi connectivity index (χ2n) is 6.58. The minimum Gasteiger partial charge on any atom is -0.321 e. The van der Waals surface area contributed by atoms with Crippen LogP contribution in [-0.2, 0) is 4.79 Å². The molecule has 2 fully saturated rings. The van der Waals surface area contributed by atoms with Gasteiger partial charge < -0.3 is 10.3 Å². The number of imide groups is 1. The summed E-state index contributed by atoms with van der Waals surface area (Å²) in [5, 5.41) is 8.49. The van der Waals surface area contributed by atoms with Crippen LogP contribution < -0.4 is 10.9 Å². The second kappa shape index (κ2) is 5.84. The van der Waals surface area contributed by atoms with E-state index in [1.54, 1.807) is 6.07 Å². The number of amides is 3. The highest BCUT2D eigenvalue weighted by Gasteiger charge is 2.51. The van der Waals surface area contributed by atoms with Crippen LogP contribution in [0.4, 0.5) is 4.79 Å². The van der Waals surface area contributed by atoms with Crippen molar-refractivity contribution in [3.63, 3.8) is 0 Å². The van der Waals surface area contributed by atoms with Gasteiger partial charge in [-0.2, -0.15) is 5.10 Å². The largest absolute Gasteiger partial charge is 0.346 e. The standard InChI is InChI=1S/C18H18N4O3/c23-15-13(10-12-6-2-3-7-14(12)20-15)11-19-22-16(24)18(21-17(22)25)8-4-1-5-9-18/h2-3,6-7,10-11H,1,4-5,8-9H2,(H,20,23)(H,21,25)/b19-11+. The van der Waals surface area contributed by atoms with Crippen LogP contribution in [0.15, 0.2) is 40.2 Å². The fourth-order valence-corrected chi connectivity index (χ4v) is 3.59. The summed E-state index contributed by atoms with van der Waals surface area (Å²) in [5.41, 5.74) is -0.116. The summed E-state index contributed by atoms with van der Waals surface area (Å²) >= 11 is 0. The van der Waals surface area contributed by atoms with Crippen LogP contribution in [0.1, 0.15) is 37.7 Å². The quantitative estimate of drug-likeness (QED) is 0.648. The number of benzene rings is 1. The van der Waals surface area contributed by atoms with Gasteiger partial charge in [-0.25, -0.2) is 4.79 Å². The Bertz CT molecular complexity index is 941. The molecule has 128 valence electrons. The summed E-state index contributed by atoms with van der Waals surface area (Å²) < 4.78 is 0. The van der Waals surface area contributed by atoms with Crippen LogP contribution in [-0.4, -0.2) is 33.7 Å². The van der Waals surface area contributed by atoms with Crippen LogP contribution in [0.2, 0.25) is 0 Å². The number of hydrogen-bond acceptors (Lipinski definition) is 4. The molecular formula is C18H18N4O3. The smallest absolute Gasteiger partial charge is 0.321 e. The number of nitrogens with zero attached hydrogens (tertiary/aromatic N) is 2. The fourth-order valence-electron chi connectivity index (χ4n) is 3.59. The highest BCUT2D eigenvalue weighted by Crippen LogP contribution is 2.33. The van der Waals surface area contributed by atoms with Crippen molar-refractivity contribution in [1.29, 1.82) is 0 Å². The second-order valence-corrected chi connectivity index (χ2v) is 6.58. The molecule has 1 spiro atoms. The third-order valence-corrected chi connectivity index (χ3v) is 4.94. The Balaban J connectivity index is 1.63. The first kappa shape index (κ1) is 15.6. The zero-order valence-corrected chi connectivity index (χ0v) is 13.6. The van der Waals surface area contributed by atoms with E-state index in [0.717, 1.165) is 35.2 Å². The topological polar surface area (TPSA) is 94.6 Å². The number of nitrogens with one attached hydrogen (secondary N) is 2. The van der Waals surface area contributed by atoms with E-state index in [0.29, 0.717) is 18.4 Å². The molecule has 2 heterocycles. The van der Waals surface area contributed by atoms with E-state index in [-0.39, 0.29) is 11.5 Å². The Hall–Kier alpha value is -2.96. The number of H-pyrrole nitrogens is 1. The molecule has 1 saturated heterocycles. The molecular weight excluding hydrogens is 320 g/mol. The first-order valence-electron chi connectivity index (χ1n) is 8.42. The molecule has 7 nitrogen and oxygen atoms in total. The van der Waals surface area contributed by atoms with Crippen LogP contribution in [0.5, 0.6) is 0 Å². The van der Waals surface area contributed by atoms with E-state index in [9.17, 15) is 14.4 Å². The Morgan fingerprint density at radius 2 is 1.84 bits per heavy atom. The summed E-state index contributed by atoms with van der Waals surface area (Å²) in [7, 11) is 0. The van der Waals surface area contributed by atoms with Gasteiger partial charge in [0.2, 0.25) is 0 Å². The highest BCUT2D eigenvalue weighted by atomic mass is 16.2. The van der Waals surface area contributed by atoms with Gasteiger partial charge in [0, 0.05) is 5.52 Å². The Morgan fingerprint density at radius 3 is 2.64 bits per heavy atom. The molecule has 1 aliphatic heterocycles. The first-order chi connectivity index (χ1) is 12.1. The maximum absolute atomic E-state index is 12.7. The van der Waals surface area contributed by atoms with Crippen LogP contribution >= 0.6 is 0 Å². The van der Waals surface area contributed by atoms with E-state index in [1.165, 1.54) is 6.21 Å². The molecule has 7 heteroatoms.